The van der Waals surface area contributed by atoms with Gasteiger partial charge in [0.1, 0.15) is 0 Å². The van der Waals surface area contributed by atoms with Crippen LogP contribution in [0.4, 0.5) is 0 Å². The van der Waals surface area contributed by atoms with Crippen LogP contribution in [0.3, 0.4) is 0 Å². The van der Waals surface area contributed by atoms with E-state index in [4.69, 9.17) is 0 Å². The molecule has 0 aliphatic heterocycles. The van der Waals surface area contributed by atoms with E-state index in [1.165, 1.54) is 0 Å². The van der Waals surface area contributed by atoms with Gasteiger partial charge >= 0.3 is 11.9 Å². The first-order chi connectivity index (χ1) is 18.4. The van der Waals surface area contributed by atoms with Crippen LogP contribution in [-0.4, -0.2) is 31.3 Å². The van der Waals surface area contributed by atoms with Crippen LogP contribution in [-0.2, 0) is 13.1 Å². The summed E-state index contributed by atoms with van der Waals surface area (Å²) in [4.78, 5) is 22.7. The van der Waals surface area contributed by atoms with Crippen LogP contribution >= 0.6 is 0 Å². The average molecular weight is 501 g/mol. The fourth-order valence-electron chi connectivity index (χ4n) is 5.02. The first kappa shape index (κ1) is 23.3. The number of carbonyl (C=O) groups is 2. The van der Waals surface area contributed by atoms with E-state index in [9.17, 15) is 19.8 Å². The lowest BCUT2D eigenvalue weighted by molar-refractivity contribution is 0.0686. The maximum atomic E-state index is 11.4. The number of aromatic carboxylic acids is 2. The van der Waals surface area contributed by atoms with Crippen molar-refractivity contribution >= 4 is 33.7 Å². The number of nitrogens with zero attached hydrogens (tertiary/aromatic N) is 2. The lowest BCUT2D eigenvalue weighted by Gasteiger charge is -2.10. The molecule has 0 radical (unpaired) electrons. The van der Waals surface area contributed by atoms with Gasteiger partial charge in [0.25, 0.3) is 0 Å². The lowest BCUT2D eigenvalue weighted by Crippen LogP contribution is -2.01. The van der Waals surface area contributed by atoms with Crippen LogP contribution in [0, 0.1) is 0 Å². The predicted molar refractivity (Wildman–Crippen MR) is 148 cm³/mol. The number of hydrogen-bond donors (Lipinski definition) is 2. The molecule has 0 aliphatic carbocycles. The Bertz CT molecular complexity index is 1840. The number of carboxylic acids is 2. The van der Waals surface area contributed by atoms with Crippen molar-refractivity contribution in [2.24, 2.45) is 0 Å². The second kappa shape index (κ2) is 9.41. The van der Waals surface area contributed by atoms with Gasteiger partial charge in [0.2, 0.25) is 0 Å². The van der Waals surface area contributed by atoms with Crippen LogP contribution in [0.5, 0.6) is 0 Å². The highest BCUT2D eigenvalue weighted by Gasteiger charge is 2.10. The number of rotatable bonds is 7. The molecule has 38 heavy (non-hydrogen) atoms. The molecular weight excluding hydrogens is 476 g/mol. The summed E-state index contributed by atoms with van der Waals surface area (Å²) in [6, 6.07) is 31.0. The summed E-state index contributed by atoms with van der Waals surface area (Å²) in [6.07, 6.45) is 4.06. The summed E-state index contributed by atoms with van der Waals surface area (Å²) >= 11 is 0. The Balaban J connectivity index is 1.30. The molecule has 0 saturated carbocycles. The van der Waals surface area contributed by atoms with Crippen molar-refractivity contribution in [2.45, 2.75) is 13.1 Å². The van der Waals surface area contributed by atoms with Gasteiger partial charge in [0, 0.05) is 41.9 Å². The van der Waals surface area contributed by atoms with E-state index in [0.29, 0.717) is 13.1 Å². The zero-order valence-corrected chi connectivity index (χ0v) is 20.4. The third-order valence-electron chi connectivity index (χ3n) is 6.93. The summed E-state index contributed by atoms with van der Waals surface area (Å²) in [5.74, 6) is -1.85. The zero-order valence-electron chi connectivity index (χ0n) is 20.4. The molecule has 6 nitrogen and oxygen atoms in total. The second-order valence-electron chi connectivity index (χ2n) is 9.45. The molecule has 6 rings (SSSR count). The van der Waals surface area contributed by atoms with Gasteiger partial charge < -0.3 is 19.3 Å². The lowest BCUT2D eigenvalue weighted by atomic mass is 10.0. The van der Waals surface area contributed by atoms with E-state index < -0.39 is 11.9 Å². The minimum atomic E-state index is -0.926. The smallest absolute Gasteiger partial charge is 0.335 e. The first-order valence-electron chi connectivity index (χ1n) is 12.3. The molecule has 0 aliphatic rings. The number of carboxylic acid groups (broad SMARTS) is 2. The Kier molecular flexibility index (Phi) is 5.77. The van der Waals surface area contributed by atoms with Crippen LogP contribution in [0.1, 0.15) is 31.8 Å². The maximum absolute atomic E-state index is 11.4. The Labute approximate surface area is 218 Å². The van der Waals surface area contributed by atoms with E-state index in [2.05, 4.69) is 57.7 Å². The molecule has 186 valence electrons. The van der Waals surface area contributed by atoms with Crippen molar-refractivity contribution < 1.29 is 19.8 Å². The minimum absolute atomic E-state index is 0.287. The molecule has 2 heterocycles. The highest BCUT2D eigenvalue weighted by atomic mass is 16.4. The second-order valence-corrected chi connectivity index (χ2v) is 9.45. The van der Waals surface area contributed by atoms with Crippen molar-refractivity contribution in [3.05, 3.63) is 132 Å². The van der Waals surface area contributed by atoms with Crippen molar-refractivity contribution in [3.63, 3.8) is 0 Å². The average Bonchev–Trinajstić information content (AvgIpc) is 3.52. The zero-order chi connectivity index (χ0) is 26.2. The quantitative estimate of drug-likeness (QED) is 0.254. The molecule has 6 aromatic rings. The van der Waals surface area contributed by atoms with Gasteiger partial charge in [-0.05, 0) is 82.2 Å². The molecule has 2 N–H and O–H groups in total. The van der Waals surface area contributed by atoms with Crippen molar-refractivity contribution in [1.82, 2.24) is 9.13 Å². The van der Waals surface area contributed by atoms with Gasteiger partial charge in [-0.1, -0.05) is 42.5 Å². The molecule has 0 unspecified atom stereocenters. The molecule has 0 spiro atoms. The highest BCUT2D eigenvalue weighted by Crippen LogP contribution is 2.29. The van der Waals surface area contributed by atoms with E-state index in [-0.39, 0.29) is 11.1 Å². The van der Waals surface area contributed by atoms with Crippen molar-refractivity contribution in [3.8, 4) is 11.1 Å². The monoisotopic (exact) mass is 500 g/mol. The standard InChI is InChI=1S/C32H24N2O4/c35-31(36)27-5-1-3-21(15-27)19-33-14-12-26-17-24(9-10-29(26)33)25-8-7-23-11-13-34(30(23)18-25)20-22-4-2-6-28(16-22)32(37)38/h1-18H,19-20H2,(H,35,36)(H,37,38). The van der Waals surface area contributed by atoms with E-state index in [1.807, 2.05) is 24.5 Å². The topological polar surface area (TPSA) is 84.5 Å². The molecule has 0 fully saturated rings. The molecule has 4 aromatic carbocycles. The number of hydrogen-bond acceptors (Lipinski definition) is 2. The van der Waals surface area contributed by atoms with Gasteiger partial charge in [-0.25, -0.2) is 9.59 Å². The molecule has 2 aromatic heterocycles. The largest absolute Gasteiger partial charge is 0.478 e. The van der Waals surface area contributed by atoms with Gasteiger partial charge in [-0.15, -0.1) is 0 Å². The fourth-order valence-corrected chi connectivity index (χ4v) is 5.02. The summed E-state index contributed by atoms with van der Waals surface area (Å²) in [7, 11) is 0. The number of aromatic nitrogens is 2. The fraction of sp³-hybridized carbons (Fsp3) is 0.0625. The van der Waals surface area contributed by atoms with E-state index >= 15 is 0 Å². The maximum Gasteiger partial charge on any atom is 0.335 e. The number of fused-ring (bicyclic) bond motifs is 2. The summed E-state index contributed by atoms with van der Waals surface area (Å²) in [5.41, 5.74) is 6.81. The molecule has 0 atom stereocenters. The summed E-state index contributed by atoms with van der Waals surface area (Å²) in [6.45, 7) is 1.17. The van der Waals surface area contributed by atoms with Crippen LogP contribution in [0.25, 0.3) is 32.9 Å². The van der Waals surface area contributed by atoms with Gasteiger partial charge in [0.05, 0.1) is 11.1 Å². The van der Waals surface area contributed by atoms with Crippen molar-refractivity contribution in [1.29, 1.82) is 0 Å². The summed E-state index contributed by atoms with van der Waals surface area (Å²) in [5, 5.41) is 20.8. The van der Waals surface area contributed by atoms with Gasteiger partial charge in [-0.3, -0.25) is 0 Å². The molecule has 0 amide bonds. The summed E-state index contributed by atoms with van der Waals surface area (Å²) < 4.78 is 4.26. The van der Waals surface area contributed by atoms with E-state index in [0.717, 1.165) is 44.1 Å². The van der Waals surface area contributed by atoms with Crippen molar-refractivity contribution in [2.75, 3.05) is 0 Å². The van der Waals surface area contributed by atoms with Crippen LogP contribution < -0.4 is 0 Å². The predicted octanol–water partition coefficient (Wildman–Crippen LogP) is 6.76. The van der Waals surface area contributed by atoms with Crippen LogP contribution in [0.2, 0.25) is 0 Å². The Hall–Kier alpha value is -5.10. The van der Waals surface area contributed by atoms with Gasteiger partial charge in [-0.2, -0.15) is 0 Å². The normalized spacial score (nSPS) is 11.3. The highest BCUT2D eigenvalue weighted by molar-refractivity contribution is 5.90. The first-order valence-corrected chi connectivity index (χ1v) is 12.3. The Morgan fingerprint density at radius 2 is 1.11 bits per heavy atom. The third-order valence-corrected chi connectivity index (χ3v) is 6.93. The molecule has 0 saturated heterocycles. The molecule has 0 bridgehead atoms. The molecule has 6 heteroatoms. The Morgan fingerprint density at radius 1 is 0.553 bits per heavy atom. The Morgan fingerprint density at radius 3 is 1.74 bits per heavy atom. The minimum Gasteiger partial charge on any atom is -0.478 e. The third kappa shape index (κ3) is 4.44. The molecular formula is C32H24N2O4. The van der Waals surface area contributed by atoms with Gasteiger partial charge in [0.15, 0.2) is 0 Å². The SMILES string of the molecule is O=C(O)c1cccc(Cn2ccc3cc(-c4ccc5ccn(Cc6cccc(C(=O)O)c6)c5c4)ccc32)c1. The van der Waals surface area contributed by atoms with Crippen LogP contribution in [0.15, 0.2) is 109 Å². The number of benzene rings is 4. The van der Waals surface area contributed by atoms with E-state index in [1.54, 1.807) is 36.4 Å².